The standard InChI is InChI=1S/C15H31N3O3S.ClH/c1-4-11-22(20,21)17-13-7-9-18(10-8-13)14(19)15(5-2,6-3)12-16;/h13,17H,4-12,16H2,1-3H3;1H. The highest BCUT2D eigenvalue weighted by atomic mass is 35.5. The third-order valence-electron chi connectivity index (χ3n) is 4.80. The maximum Gasteiger partial charge on any atom is 0.230 e. The molecular weight excluding hydrogens is 338 g/mol. The van der Waals surface area contributed by atoms with Crippen molar-refractivity contribution in [2.24, 2.45) is 11.1 Å². The highest BCUT2D eigenvalue weighted by Crippen LogP contribution is 2.29. The predicted octanol–water partition coefficient (Wildman–Crippen LogP) is 1.49. The average molecular weight is 370 g/mol. The molecule has 138 valence electrons. The molecule has 0 spiro atoms. The van der Waals surface area contributed by atoms with Crippen molar-refractivity contribution in [3.8, 4) is 0 Å². The summed E-state index contributed by atoms with van der Waals surface area (Å²) in [5.41, 5.74) is 5.38. The van der Waals surface area contributed by atoms with Crippen LogP contribution in [0.4, 0.5) is 0 Å². The van der Waals surface area contributed by atoms with Crippen LogP contribution < -0.4 is 10.5 Å². The molecule has 23 heavy (non-hydrogen) atoms. The molecule has 1 saturated heterocycles. The fraction of sp³-hybridized carbons (Fsp3) is 0.933. The Morgan fingerprint density at radius 3 is 2.13 bits per heavy atom. The number of likely N-dealkylation sites (tertiary alicyclic amines) is 1. The third-order valence-corrected chi connectivity index (χ3v) is 6.44. The van der Waals surface area contributed by atoms with Gasteiger partial charge < -0.3 is 10.6 Å². The molecule has 0 aromatic heterocycles. The summed E-state index contributed by atoms with van der Waals surface area (Å²) in [4.78, 5) is 14.6. The van der Waals surface area contributed by atoms with Crippen LogP contribution in [0.3, 0.4) is 0 Å². The quantitative estimate of drug-likeness (QED) is 0.678. The number of hydrogen-bond donors (Lipinski definition) is 2. The molecule has 8 heteroatoms. The van der Waals surface area contributed by atoms with Gasteiger partial charge in [0.05, 0.1) is 11.2 Å². The second kappa shape index (κ2) is 9.81. The van der Waals surface area contributed by atoms with Crippen LogP contribution >= 0.6 is 12.4 Å². The molecule has 0 unspecified atom stereocenters. The van der Waals surface area contributed by atoms with Crippen molar-refractivity contribution in [3.05, 3.63) is 0 Å². The maximum absolute atomic E-state index is 12.7. The highest BCUT2D eigenvalue weighted by molar-refractivity contribution is 7.89. The fourth-order valence-corrected chi connectivity index (χ4v) is 4.44. The summed E-state index contributed by atoms with van der Waals surface area (Å²) in [7, 11) is -3.18. The van der Waals surface area contributed by atoms with Crippen LogP contribution in [0.2, 0.25) is 0 Å². The zero-order chi connectivity index (χ0) is 16.8. The monoisotopic (exact) mass is 369 g/mol. The van der Waals surface area contributed by atoms with Crippen LogP contribution in [0.5, 0.6) is 0 Å². The molecule has 0 radical (unpaired) electrons. The van der Waals surface area contributed by atoms with E-state index < -0.39 is 15.4 Å². The minimum absolute atomic E-state index is 0. The first-order valence-corrected chi connectivity index (χ1v) is 9.98. The van der Waals surface area contributed by atoms with E-state index in [4.69, 9.17) is 5.73 Å². The van der Waals surface area contributed by atoms with E-state index in [0.29, 0.717) is 38.9 Å². The summed E-state index contributed by atoms with van der Waals surface area (Å²) in [6, 6.07) is -0.0591. The second-order valence-electron chi connectivity index (χ2n) is 6.19. The van der Waals surface area contributed by atoms with Crippen LogP contribution in [0.1, 0.15) is 52.9 Å². The van der Waals surface area contributed by atoms with Gasteiger partial charge in [0, 0.05) is 25.7 Å². The fourth-order valence-electron chi connectivity index (χ4n) is 3.05. The zero-order valence-corrected chi connectivity index (χ0v) is 16.1. The van der Waals surface area contributed by atoms with Gasteiger partial charge in [0.2, 0.25) is 15.9 Å². The topological polar surface area (TPSA) is 92.5 Å². The van der Waals surface area contributed by atoms with Crippen molar-refractivity contribution >= 4 is 28.3 Å². The normalized spacial score (nSPS) is 17.0. The molecule has 3 N–H and O–H groups in total. The average Bonchev–Trinajstić information content (AvgIpc) is 2.49. The molecule has 0 aromatic rings. The molecule has 1 amide bonds. The number of nitrogens with one attached hydrogen (secondary N) is 1. The van der Waals surface area contributed by atoms with Crippen molar-refractivity contribution in [1.29, 1.82) is 0 Å². The van der Waals surface area contributed by atoms with Crippen LogP contribution in [0.25, 0.3) is 0 Å². The summed E-state index contributed by atoms with van der Waals surface area (Å²) in [5, 5.41) is 0. The van der Waals surface area contributed by atoms with Gasteiger partial charge in [-0.05, 0) is 32.1 Å². The number of halogens is 1. The van der Waals surface area contributed by atoms with Gasteiger partial charge in [-0.25, -0.2) is 13.1 Å². The van der Waals surface area contributed by atoms with Crippen LogP contribution in [-0.2, 0) is 14.8 Å². The number of carbonyl (C=O) groups is 1. The van der Waals surface area contributed by atoms with E-state index >= 15 is 0 Å². The first-order valence-electron chi connectivity index (χ1n) is 8.33. The van der Waals surface area contributed by atoms with Gasteiger partial charge in [-0.2, -0.15) is 0 Å². The molecule has 1 rings (SSSR count). The lowest BCUT2D eigenvalue weighted by Crippen LogP contribution is -2.52. The number of hydrogen-bond acceptors (Lipinski definition) is 4. The molecule has 1 heterocycles. The van der Waals surface area contributed by atoms with E-state index in [1.54, 1.807) is 0 Å². The minimum atomic E-state index is -3.18. The van der Waals surface area contributed by atoms with Crippen molar-refractivity contribution in [1.82, 2.24) is 9.62 Å². The molecule has 6 nitrogen and oxygen atoms in total. The summed E-state index contributed by atoms with van der Waals surface area (Å²) in [6.07, 6.45) is 3.42. The first kappa shape index (κ1) is 22.6. The number of piperidine rings is 1. The summed E-state index contributed by atoms with van der Waals surface area (Å²) >= 11 is 0. The van der Waals surface area contributed by atoms with Gasteiger partial charge in [-0.3, -0.25) is 4.79 Å². The Morgan fingerprint density at radius 1 is 1.22 bits per heavy atom. The summed E-state index contributed by atoms with van der Waals surface area (Å²) < 4.78 is 26.4. The minimum Gasteiger partial charge on any atom is -0.342 e. The maximum atomic E-state index is 12.7. The van der Waals surface area contributed by atoms with Crippen molar-refractivity contribution in [2.45, 2.75) is 58.9 Å². The lowest BCUT2D eigenvalue weighted by molar-refractivity contribution is -0.143. The van der Waals surface area contributed by atoms with E-state index in [2.05, 4.69) is 4.72 Å². The van der Waals surface area contributed by atoms with Gasteiger partial charge in [0.15, 0.2) is 0 Å². The highest BCUT2D eigenvalue weighted by Gasteiger charge is 2.38. The van der Waals surface area contributed by atoms with Crippen molar-refractivity contribution < 1.29 is 13.2 Å². The summed E-state index contributed by atoms with van der Waals surface area (Å²) in [6.45, 7) is 7.41. The van der Waals surface area contributed by atoms with Gasteiger partial charge in [-0.15, -0.1) is 12.4 Å². The number of amides is 1. The lowest BCUT2D eigenvalue weighted by atomic mass is 9.80. The Hall–Kier alpha value is -0.370. The van der Waals surface area contributed by atoms with E-state index in [1.807, 2.05) is 25.7 Å². The second-order valence-corrected chi connectivity index (χ2v) is 8.07. The molecule has 1 aliphatic rings. The number of nitrogens with two attached hydrogens (primary N) is 1. The molecule has 1 aliphatic heterocycles. The van der Waals surface area contributed by atoms with Crippen molar-refractivity contribution in [3.63, 3.8) is 0 Å². The number of nitrogens with zero attached hydrogens (tertiary/aromatic N) is 1. The largest absolute Gasteiger partial charge is 0.342 e. The Bertz CT molecular complexity index is 450. The van der Waals surface area contributed by atoms with E-state index in [1.165, 1.54) is 0 Å². The Labute approximate surface area is 147 Å². The SMILES string of the molecule is CCCS(=O)(=O)NC1CCN(C(=O)C(CC)(CC)CN)CC1.Cl. The van der Waals surface area contributed by atoms with Crippen molar-refractivity contribution in [2.75, 3.05) is 25.4 Å². The summed E-state index contributed by atoms with van der Waals surface area (Å²) in [5.74, 6) is 0.281. The Balaban J connectivity index is 0.00000484. The smallest absolute Gasteiger partial charge is 0.230 e. The molecule has 0 atom stereocenters. The predicted molar refractivity (Wildman–Crippen MR) is 96.1 cm³/mol. The molecule has 0 aliphatic carbocycles. The first-order chi connectivity index (χ1) is 10.3. The van der Waals surface area contributed by atoms with Gasteiger partial charge >= 0.3 is 0 Å². The van der Waals surface area contributed by atoms with Crippen LogP contribution in [0.15, 0.2) is 0 Å². The molecule has 0 aromatic carbocycles. The van der Waals surface area contributed by atoms with Gasteiger partial charge in [0.25, 0.3) is 0 Å². The molecule has 1 fully saturated rings. The molecular formula is C15H32ClN3O3S. The van der Waals surface area contributed by atoms with E-state index in [-0.39, 0.29) is 30.1 Å². The molecule has 0 saturated carbocycles. The third kappa shape index (κ3) is 5.89. The Morgan fingerprint density at radius 2 is 1.74 bits per heavy atom. The van der Waals surface area contributed by atoms with Gasteiger partial charge in [0.1, 0.15) is 0 Å². The Kier molecular flexibility index (Phi) is 9.65. The number of carbonyl (C=O) groups excluding carboxylic acids is 1. The van der Waals surface area contributed by atoms with E-state index in [9.17, 15) is 13.2 Å². The van der Waals surface area contributed by atoms with E-state index in [0.717, 1.165) is 12.8 Å². The zero-order valence-electron chi connectivity index (χ0n) is 14.5. The number of sulfonamides is 1. The van der Waals surface area contributed by atoms with Crippen LogP contribution in [0, 0.1) is 5.41 Å². The number of rotatable bonds is 8. The van der Waals surface area contributed by atoms with Crippen LogP contribution in [-0.4, -0.2) is 50.7 Å². The van der Waals surface area contributed by atoms with Gasteiger partial charge in [-0.1, -0.05) is 20.8 Å². The molecule has 0 bridgehead atoms. The lowest BCUT2D eigenvalue weighted by Gasteiger charge is -2.39.